The number of ether oxygens (including phenoxy) is 1. The first-order valence-electron chi connectivity index (χ1n) is 14.8. The monoisotopic (exact) mass is 565 g/mol. The van der Waals surface area contributed by atoms with Crippen molar-refractivity contribution in [2.75, 3.05) is 33.4 Å². The van der Waals surface area contributed by atoms with Crippen LogP contribution in [0.25, 0.3) is 0 Å². The predicted molar refractivity (Wildman–Crippen MR) is 149 cm³/mol. The molecular formula is C30H45ClFN3O4. The van der Waals surface area contributed by atoms with Crippen LogP contribution >= 0.6 is 11.6 Å². The molecule has 1 saturated heterocycles. The van der Waals surface area contributed by atoms with Gasteiger partial charge in [0.1, 0.15) is 5.82 Å². The Morgan fingerprint density at radius 1 is 1.31 bits per heavy atom. The standard InChI is InChI=1S/C30H45ClFN3O4/c1-39-11-3-2-9-30(38,23-7-4-8-24(31)26(23)32)21-6-5-10-35(18-21)28(37)34-25(17-33)27(36)29-15-19-12-20(16-29)14-22(29)13-19/h4,7-8,19-22,25,27,36,38H,2-3,5-6,9-18,33H2,1H3,(H,34,37)/t19?,20?,21-,22?,25-,27-,29?,30+/m1/s1. The number of aliphatic hydroxyl groups is 2. The molecule has 6 rings (SSSR count). The van der Waals surface area contributed by atoms with Crippen LogP contribution in [0.15, 0.2) is 18.2 Å². The quantitative estimate of drug-likeness (QED) is 0.297. The fourth-order valence-electron chi connectivity index (χ4n) is 8.85. The van der Waals surface area contributed by atoms with Gasteiger partial charge in [-0.15, -0.1) is 0 Å². The average molecular weight is 566 g/mol. The van der Waals surface area contributed by atoms with Crippen molar-refractivity contribution in [2.45, 2.75) is 82.0 Å². The second-order valence-corrected chi connectivity index (χ2v) is 13.2. The predicted octanol–water partition coefficient (Wildman–Crippen LogP) is 4.42. The van der Waals surface area contributed by atoms with Crippen molar-refractivity contribution in [1.29, 1.82) is 0 Å². The molecule has 5 aliphatic rings. The molecular weight excluding hydrogens is 521 g/mol. The number of aliphatic hydroxyl groups excluding tert-OH is 1. The van der Waals surface area contributed by atoms with Gasteiger partial charge >= 0.3 is 6.03 Å². The molecule has 0 aromatic heterocycles. The number of carbonyl (C=O) groups excluding carboxylic acids is 1. The smallest absolute Gasteiger partial charge is 0.317 e. The summed E-state index contributed by atoms with van der Waals surface area (Å²) in [5.41, 5.74) is 4.71. The number of carbonyl (C=O) groups is 1. The molecule has 9 heteroatoms. The van der Waals surface area contributed by atoms with Gasteiger partial charge in [0.15, 0.2) is 0 Å². The van der Waals surface area contributed by atoms with Crippen LogP contribution in [-0.4, -0.2) is 66.6 Å². The maximum atomic E-state index is 15.2. The van der Waals surface area contributed by atoms with Crippen LogP contribution in [0.2, 0.25) is 5.02 Å². The average Bonchev–Trinajstić information content (AvgIpc) is 3.34. The van der Waals surface area contributed by atoms with Gasteiger partial charge in [-0.25, -0.2) is 9.18 Å². The van der Waals surface area contributed by atoms with Crippen molar-refractivity contribution in [2.24, 2.45) is 34.8 Å². The number of unbranched alkanes of at least 4 members (excludes halogenated alkanes) is 1. The zero-order chi connectivity index (χ0) is 27.8. The Hall–Kier alpha value is -1.45. The van der Waals surface area contributed by atoms with E-state index in [1.165, 1.54) is 25.3 Å². The molecule has 1 aromatic carbocycles. The summed E-state index contributed by atoms with van der Waals surface area (Å²) in [6, 6.07) is 3.93. The summed E-state index contributed by atoms with van der Waals surface area (Å²) in [5, 5.41) is 26.6. The van der Waals surface area contributed by atoms with Crippen molar-refractivity contribution in [3.8, 4) is 0 Å². The molecule has 1 heterocycles. The van der Waals surface area contributed by atoms with Crippen LogP contribution in [0.4, 0.5) is 9.18 Å². The second-order valence-electron chi connectivity index (χ2n) is 12.8. The molecule has 7 nitrogen and oxygen atoms in total. The van der Waals surface area contributed by atoms with Gasteiger partial charge in [-0.3, -0.25) is 0 Å². The van der Waals surface area contributed by atoms with Crippen LogP contribution in [-0.2, 0) is 10.3 Å². The highest BCUT2D eigenvalue weighted by atomic mass is 35.5. The Kier molecular flexibility index (Phi) is 8.80. The first-order chi connectivity index (χ1) is 18.7. The molecule has 6 atom stereocenters. The van der Waals surface area contributed by atoms with E-state index in [1.54, 1.807) is 24.1 Å². The summed E-state index contributed by atoms with van der Waals surface area (Å²) in [7, 11) is 1.63. The third kappa shape index (κ3) is 5.44. The van der Waals surface area contributed by atoms with E-state index < -0.39 is 23.6 Å². The summed E-state index contributed by atoms with van der Waals surface area (Å²) < 4.78 is 20.4. The Bertz CT molecular complexity index is 1020. The van der Waals surface area contributed by atoms with E-state index in [1.807, 2.05) is 0 Å². The molecule has 2 unspecified atom stereocenters. The number of halogens is 2. The summed E-state index contributed by atoms with van der Waals surface area (Å²) in [4.78, 5) is 15.2. The number of hydrogen-bond acceptors (Lipinski definition) is 5. The van der Waals surface area contributed by atoms with E-state index >= 15 is 4.39 Å². The molecule has 5 fully saturated rings. The van der Waals surface area contributed by atoms with E-state index in [4.69, 9.17) is 22.1 Å². The van der Waals surface area contributed by atoms with E-state index in [-0.39, 0.29) is 41.0 Å². The highest BCUT2D eigenvalue weighted by Gasteiger charge is 2.61. The summed E-state index contributed by atoms with van der Waals surface area (Å²) in [6.07, 6.45) is 8.13. The van der Waals surface area contributed by atoms with Crippen LogP contribution in [0.5, 0.6) is 0 Å². The van der Waals surface area contributed by atoms with Crippen molar-refractivity contribution in [1.82, 2.24) is 10.2 Å². The number of piperidine rings is 1. The van der Waals surface area contributed by atoms with Crippen molar-refractivity contribution in [3.05, 3.63) is 34.6 Å². The molecule has 1 aliphatic heterocycles. The lowest BCUT2D eigenvalue weighted by Gasteiger charge is -2.44. The van der Waals surface area contributed by atoms with Crippen molar-refractivity contribution in [3.63, 3.8) is 0 Å². The fourth-order valence-corrected chi connectivity index (χ4v) is 9.02. The lowest BCUT2D eigenvalue weighted by atomic mass is 9.70. The molecule has 5 N–H and O–H groups in total. The summed E-state index contributed by atoms with van der Waals surface area (Å²) in [5.74, 6) is 0.947. The van der Waals surface area contributed by atoms with Gasteiger partial charge in [0.05, 0.1) is 22.8 Å². The molecule has 4 aliphatic carbocycles. The van der Waals surface area contributed by atoms with Gasteiger partial charge in [0, 0.05) is 50.2 Å². The van der Waals surface area contributed by atoms with Gasteiger partial charge < -0.3 is 30.9 Å². The topological polar surface area (TPSA) is 108 Å². The Balaban J connectivity index is 1.29. The normalized spacial score (nSPS) is 32.7. The second kappa shape index (κ2) is 11.8. The number of methoxy groups -OCH3 is 1. The highest BCUT2D eigenvalue weighted by molar-refractivity contribution is 6.30. The number of nitrogens with one attached hydrogen (secondary N) is 1. The number of benzene rings is 1. The number of hydrogen-bond donors (Lipinski definition) is 4. The Labute approximate surface area is 236 Å². The number of rotatable bonds is 11. The summed E-state index contributed by atoms with van der Waals surface area (Å²) >= 11 is 6.11. The van der Waals surface area contributed by atoms with E-state index in [9.17, 15) is 15.0 Å². The van der Waals surface area contributed by atoms with Crippen LogP contribution in [0.3, 0.4) is 0 Å². The van der Waals surface area contributed by atoms with Gasteiger partial charge in [-0.1, -0.05) is 23.7 Å². The lowest BCUT2D eigenvalue weighted by molar-refractivity contribution is -0.0596. The van der Waals surface area contributed by atoms with E-state index in [0.717, 1.165) is 19.3 Å². The van der Waals surface area contributed by atoms with E-state index in [2.05, 4.69) is 5.32 Å². The lowest BCUT2D eigenvalue weighted by Crippen LogP contribution is -2.59. The zero-order valence-electron chi connectivity index (χ0n) is 23.1. The molecule has 4 bridgehead atoms. The van der Waals surface area contributed by atoms with Gasteiger partial charge in [-0.05, 0) is 88.0 Å². The number of likely N-dealkylation sites (tertiary alicyclic amines) is 1. The minimum Gasteiger partial charge on any atom is -0.390 e. The maximum absolute atomic E-state index is 15.2. The molecule has 1 aromatic rings. The largest absolute Gasteiger partial charge is 0.390 e. The number of nitrogens with zero attached hydrogens (tertiary/aromatic N) is 1. The minimum atomic E-state index is -1.48. The van der Waals surface area contributed by atoms with Crippen LogP contribution < -0.4 is 11.1 Å². The van der Waals surface area contributed by atoms with E-state index in [0.29, 0.717) is 56.6 Å². The molecule has 2 amide bonds. The Morgan fingerprint density at radius 3 is 2.74 bits per heavy atom. The molecule has 0 radical (unpaired) electrons. The van der Waals surface area contributed by atoms with Gasteiger partial charge in [0.25, 0.3) is 0 Å². The molecule has 0 spiro atoms. The SMILES string of the molecule is COCCCC[C@@](O)(c1cccc(Cl)c1F)[C@@H]1CCCN(C(=O)N[C@H](CN)[C@@H](O)C23CC4CC(CC2C4)C3)C1. The Morgan fingerprint density at radius 2 is 2.05 bits per heavy atom. The van der Waals surface area contributed by atoms with Crippen molar-refractivity contribution >= 4 is 17.6 Å². The van der Waals surface area contributed by atoms with Gasteiger partial charge in [0.2, 0.25) is 0 Å². The molecule has 218 valence electrons. The van der Waals surface area contributed by atoms with Crippen LogP contribution in [0, 0.1) is 34.9 Å². The maximum Gasteiger partial charge on any atom is 0.317 e. The highest BCUT2D eigenvalue weighted by Crippen LogP contribution is 2.67. The minimum absolute atomic E-state index is 0.0258. The van der Waals surface area contributed by atoms with Crippen LogP contribution in [0.1, 0.15) is 69.8 Å². The van der Waals surface area contributed by atoms with Crippen molar-refractivity contribution < 1.29 is 24.1 Å². The molecule has 39 heavy (non-hydrogen) atoms. The first kappa shape index (κ1) is 29.1. The number of urea groups is 1. The fraction of sp³-hybridized carbons (Fsp3) is 0.767. The first-order valence-corrected chi connectivity index (χ1v) is 15.2. The third-order valence-electron chi connectivity index (χ3n) is 10.5. The number of amides is 2. The number of nitrogens with two attached hydrogens (primary N) is 1. The molecule has 4 saturated carbocycles. The zero-order valence-corrected chi connectivity index (χ0v) is 23.8. The van der Waals surface area contributed by atoms with Gasteiger partial charge in [-0.2, -0.15) is 0 Å². The summed E-state index contributed by atoms with van der Waals surface area (Å²) in [6.45, 7) is 1.54. The third-order valence-corrected chi connectivity index (χ3v) is 10.8.